The molecular weight excluding hydrogens is 200 g/mol. The average molecular weight is 222 g/mol. The van der Waals surface area contributed by atoms with Crippen molar-refractivity contribution < 1.29 is 0 Å². The molecule has 0 aromatic carbocycles. The van der Waals surface area contributed by atoms with E-state index in [-0.39, 0.29) is 0 Å². The molecule has 1 aromatic rings. The molecule has 4 heteroatoms. The monoisotopic (exact) mass is 222 g/mol. The predicted molar refractivity (Wildman–Crippen MR) is 67.0 cm³/mol. The van der Waals surface area contributed by atoms with Crippen LogP contribution < -0.4 is 10.2 Å². The summed E-state index contributed by atoms with van der Waals surface area (Å²) >= 11 is 0. The van der Waals surface area contributed by atoms with Crippen LogP contribution in [0.1, 0.15) is 31.5 Å². The third-order valence-electron chi connectivity index (χ3n) is 3.20. The van der Waals surface area contributed by atoms with Gasteiger partial charge in [-0.15, -0.1) is 0 Å². The number of hydrogen-bond donors (Lipinski definition) is 2. The van der Waals surface area contributed by atoms with Gasteiger partial charge in [0.1, 0.15) is 0 Å². The molecule has 4 nitrogen and oxygen atoms in total. The Morgan fingerprint density at radius 3 is 2.62 bits per heavy atom. The summed E-state index contributed by atoms with van der Waals surface area (Å²) in [7, 11) is 0. The van der Waals surface area contributed by atoms with Crippen molar-refractivity contribution in [2.45, 2.75) is 33.1 Å². The summed E-state index contributed by atoms with van der Waals surface area (Å²) in [5, 5.41) is 11.1. The van der Waals surface area contributed by atoms with Crippen LogP contribution in [0.3, 0.4) is 0 Å². The van der Waals surface area contributed by atoms with Crippen molar-refractivity contribution in [1.29, 1.82) is 0 Å². The van der Waals surface area contributed by atoms with Crippen LogP contribution in [-0.4, -0.2) is 36.4 Å². The van der Waals surface area contributed by atoms with Gasteiger partial charge in [0, 0.05) is 37.4 Å². The Kier molecular flexibility index (Phi) is 3.83. The smallest absolute Gasteiger partial charge is 0.153 e. The Morgan fingerprint density at radius 2 is 2.00 bits per heavy atom. The Morgan fingerprint density at radius 1 is 1.25 bits per heavy atom. The van der Waals surface area contributed by atoms with Crippen molar-refractivity contribution in [2.75, 3.05) is 31.1 Å². The first-order chi connectivity index (χ1) is 7.86. The van der Waals surface area contributed by atoms with Crippen molar-refractivity contribution >= 4 is 5.82 Å². The number of piperazine rings is 1. The van der Waals surface area contributed by atoms with Gasteiger partial charge in [0.05, 0.1) is 0 Å². The normalized spacial score (nSPS) is 16.8. The van der Waals surface area contributed by atoms with Crippen LogP contribution in [-0.2, 0) is 12.8 Å². The zero-order valence-corrected chi connectivity index (χ0v) is 10.3. The predicted octanol–water partition coefficient (Wildman–Crippen LogP) is 1.33. The zero-order valence-electron chi connectivity index (χ0n) is 10.3. The molecule has 0 radical (unpaired) electrons. The number of hydrogen-bond acceptors (Lipinski definition) is 3. The first-order valence-corrected chi connectivity index (χ1v) is 6.38. The first-order valence-electron chi connectivity index (χ1n) is 6.38. The molecule has 0 bridgehead atoms. The first kappa shape index (κ1) is 11.5. The van der Waals surface area contributed by atoms with E-state index in [0.717, 1.165) is 39.0 Å². The highest BCUT2D eigenvalue weighted by Gasteiger charge is 2.18. The van der Waals surface area contributed by atoms with Crippen LogP contribution in [0.15, 0.2) is 0 Å². The maximum Gasteiger partial charge on any atom is 0.153 e. The van der Waals surface area contributed by atoms with Gasteiger partial charge in [0.15, 0.2) is 5.82 Å². The van der Waals surface area contributed by atoms with Crippen LogP contribution in [0.5, 0.6) is 0 Å². The molecule has 2 rings (SSSR count). The molecule has 1 aliphatic rings. The fourth-order valence-corrected chi connectivity index (χ4v) is 2.36. The summed E-state index contributed by atoms with van der Waals surface area (Å²) in [6.45, 7) is 8.71. The van der Waals surface area contributed by atoms with Gasteiger partial charge < -0.3 is 10.2 Å². The maximum absolute atomic E-state index is 4.50. The lowest BCUT2D eigenvalue weighted by Gasteiger charge is -2.28. The fourth-order valence-electron chi connectivity index (χ4n) is 2.36. The lowest BCUT2D eigenvalue weighted by molar-refractivity contribution is 0.583. The molecule has 0 unspecified atom stereocenters. The molecule has 1 saturated heterocycles. The van der Waals surface area contributed by atoms with Crippen molar-refractivity contribution in [2.24, 2.45) is 0 Å². The Bertz CT molecular complexity index is 326. The minimum atomic E-state index is 1.07. The second-order valence-corrected chi connectivity index (χ2v) is 4.34. The zero-order chi connectivity index (χ0) is 11.4. The molecule has 1 fully saturated rings. The number of H-pyrrole nitrogens is 1. The molecule has 0 amide bonds. The maximum atomic E-state index is 4.50. The van der Waals surface area contributed by atoms with Crippen LogP contribution in [0.4, 0.5) is 5.82 Å². The summed E-state index contributed by atoms with van der Waals surface area (Å²) in [4.78, 5) is 2.39. The Balaban J connectivity index is 2.18. The van der Waals surface area contributed by atoms with E-state index >= 15 is 0 Å². The van der Waals surface area contributed by atoms with E-state index < -0.39 is 0 Å². The van der Waals surface area contributed by atoms with Gasteiger partial charge in [0.25, 0.3) is 0 Å². The van der Waals surface area contributed by atoms with E-state index in [9.17, 15) is 0 Å². The number of anilines is 1. The highest BCUT2D eigenvalue weighted by molar-refractivity contribution is 5.49. The van der Waals surface area contributed by atoms with Crippen LogP contribution in [0.2, 0.25) is 0 Å². The van der Waals surface area contributed by atoms with E-state index in [2.05, 4.69) is 34.3 Å². The molecule has 2 N–H and O–H groups in total. The molecule has 0 spiro atoms. The topological polar surface area (TPSA) is 44.0 Å². The highest BCUT2D eigenvalue weighted by atomic mass is 15.3. The van der Waals surface area contributed by atoms with Crippen molar-refractivity contribution in [3.63, 3.8) is 0 Å². The molecule has 0 aliphatic carbocycles. The molecule has 90 valence electrons. The summed E-state index contributed by atoms with van der Waals surface area (Å²) in [5.74, 6) is 1.19. The van der Waals surface area contributed by atoms with Crippen LogP contribution >= 0.6 is 0 Å². The fraction of sp³-hybridized carbons (Fsp3) is 0.750. The average Bonchev–Trinajstić information content (AvgIpc) is 2.73. The standard InChI is InChI=1S/C12H22N4/c1-3-5-11-10(4-2)12(15-14-11)16-8-6-13-7-9-16/h13H,3-9H2,1-2H3,(H,14,15). The Hall–Kier alpha value is -1.03. The quantitative estimate of drug-likeness (QED) is 0.808. The third-order valence-corrected chi connectivity index (χ3v) is 3.20. The lowest BCUT2D eigenvalue weighted by Crippen LogP contribution is -2.44. The van der Waals surface area contributed by atoms with Crippen molar-refractivity contribution in [3.05, 3.63) is 11.3 Å². The number of aryl methyl sites for hydroxylation is 1. The van der Waals surface area contributed by atoms with Gasteiger partial charge in [-0.3, -0.25) is 5.10 Å². The van der Waals surface area contributed by atoms with E-state index in [0.29, 0.717) is 0 Å². The van der Waals surface area contributed by atoms with Gasteiger partial charge in [-0.2, -0.15) is 5.10 Å². The number of aromatic amines is 1. The van der Waals surface area contributed by atoms with Gasteiger partial charge in [0.2, 0.25) is 0 Å². The molecule has 2 heterocycles. The van der Waals surface area contributed by atoms with E-state index in [1.807, 2.05) is 0 Å². The minimum Gasteiger partial charge on any atom is -0.352 e. The number of nitrogens with zero attached hydrogens (tertiary/aromatic N) is 2. The second kappa shape index (κ2) is 5.34. The number of nitrogens with one attached hydrogen (secondary N) is 2. The lowest BCUT2D eigenvalue weighted by atomic mass is 10.1. The largest absolute Gasteiger partial charge is 0.352 e. The highest BCUT2D eigenvalue weighted by Crippen LogP contribution is 2.22. The number of rotatable bonds is 4. The van der Waals surface area contributed by atoms with Crippen LogP contribution in [0.25, 0.3) is 0 Å². The summed E-state index contributed by atoms with van der Waals surface area (Å²) in [5.41, 5.74) is 2.75. The van der Waals surface area contributed by atoms with E-state index in [1.165, 1.54) is 23.5 Å². The second-order valence-electron chi connectivity index (χ2n) is 4.34. The van der Waals surface area contributed by atoms with Gasteiger partial charge >= 0.3 is 0 Å². The Labute approximate surface area is 97.4 Å². The molecule has 0 atom stereocenters. The van der Waals surface area contributed by atoms with E-state index in [4.69, 9.17) is 0 Å². The van der Waals surface area contributed by atoms with Crippen molar-refractivity contribution in [3.8, 4) is 0 Å². The van der Waals surface area contributed by atoms with Gasteiger partial charge in [-0.05, 0) is 12.8 Å². The minimum absolute atomic E-state index is 1.07. The summed E-state index contributed by atoms with van der Waals surface area (Å²) in [6, 6.07) is 0. The van der Waals surface area contributed by atoms with E-state index in [1.54, 1.807) is 0 Å². The molecular formula is C12H22N4. The summed E-state index contributed by atoms with van der Waals surface area (Å²) < 4.78 is 0. The SMILES string of the molecule is CCCc1[nH]nc(N2CCNCC2)c1CC. The molecule has 1 aromatic heterocycles. The third kappa shape index (κ3) is 2.21. The van der Waals surface area contributed by atoms with Crippen molar-refractivity contribution in [1.82, 2.24) is 15.5 Å². The summed E-state index contributed by atoms with van der Waals surface area (Å²) in [6.07, 6.45) is 3.36. The number of aromatic nitrogens is 2. The van der Waals surface area contributed by atoms with Gasteiger partial charge in [-0.25, -0.2) is 0 Å². The van der Waals surface area contributed by atoms with Crippen LogP contribution in [0, 0.1) is 0 Å². The van der Waals surface area contributed by atoms with Gasteiger partial charge in [-0.1, -0.05) is 20.3 Å². The molecule has 0 saturated carbocycles. The molecule has 1 aliphatic heterocycles. The molecule has 16 heavy (non-hydrogen) atoms.